The van der Waals surface area contributed by atoms with Crippen LogP contribution < -0.4 is 10.0 Å². The number of amidine groups is 1. The van der Waals surface area contributed by atoms with E-state index in [0.717, 1.165) is 51.2 Å². The predicted octanol–water partition coefficient (Wildman–Crippen LogP) is 2.58. The highest BCUT2D eigenvalue weighted by molar-refractivity contribution is 7.92. The molecule has 0 aromatic heterocycles. The number of carbonyl (C=O) groups is 1. The van der Waals surface area contributed by atoms with E-state index in [2.05, 4.69) is 14.4 Å². The topological polar surface area (TPSA) is 145 Å². The minimum Gasteiger partial charge on any atom is -0.511 e. The van der Waals surface area contributed by atoms with Gasteiger partial charge in [-0.2, -0.15) is 8.42 Å². The Labute approximate surface area is 204 Å². The number of fused-ring (bicyclic) bond motifs is 6. The van der Waals surface area contributed by atoms with Crippen LogP contribution in [0.4, 0.5) is 11.4 Å². The van der Waals surface area contributed by atoms with Crippen molar-refractivity contribution >= 4 is 43.2 Å². The SMILES string of the molecule is CS(=O)(=O)Nc1ccc2c(c1)S(=O)(=O)N=C(C1=C(O)[C@@H]3[C@H]4CC[C@@H](C4)[C@@H]3N(C3CCCC3)C1=O)N2. The summed E-state index contributed by atoms with van der Waals surface area (Å²) in [6, 6.07) is 4.10. The normalized spacial score (nSPS) is 31.7. The number of rotatable bonds is 4. The van der Waals surface area contributed by atoms with Gasteiger partial charge in [0.25, 0.3) is 15.9 Å². The molecule has 3 N–H and O–H groups in total. The molecule has 6 rings (SSSR count). The Bertz CT molecular complexity index is 1390. The maximum Gasteiger partial charge on any atom is 0.286 e. The van der Waals surface area contributed by atoms with Crippen LogP contribution in [-0.2, 0) is 24.8 Å². The van der Waals surface area contributed by atoms with Crippen molar-refractivity contribution in [1.29, 1.82) is 0 Å². The molecule has 4 atom stereocenters. The molecule has 3 aliphatic carbocycles. The molecule has 35 heavy (non-hydrogen) atoms. The fourth-order valence-corrected chi connectivity index (χ4v) is 8.65. The Morgan fingerprint density at radius 1 is 1.14 bits per heavy atom. The summed E-state index contributed by atoms with van der Waals surface area (Å²) in [5.41, 5.74) is 0.200. The summed E-state index contributed by atoms with van der Waals surface area (Å²) in [6.07, 6.45) is 7.92. The zero-order valence-corrected chi connectivity index (χ0v) is 20.9. The van der Waals surface area contributed by atoms with E-state index in [1.807, 2.05) is 4.90 Å². The highest BCUT2D eigenvalue weighted by Crippen LogP contribution is 2.56. The largest absolute Gasteiger partial charge is 0.511 e. The Hall–Kier alpha value is -2.60. The number of sulfonamides is 2. The summed E-state index contributed by atoms with van der Waals surface area (Å²) in [4.78, 5) is 15.6. The van der Waals surface area contributed by atoms with Crippen molar-refractivity contribution in [3.8, 4) is 0 Å². The van der Waals surface area contributed by atoms with Gasteiger partial charge in [-0.25, -0.2) is 8.42 Å². The number of amides is 1. The molecule has 0 spiro atoms. The van der Waals surface area contributed by atoms with E-state index in [1.54, 1.807) is 0 Å². The van der Waals surface area contributed by atoms with Gasteiger partial charge in [0.15, 0.2) is 5.84 Å². The molecular weight excluding hydrogens is 492 g/mol. The lowest BCUT2D eigenvalue weighted by Gasteiger charge is -2.46. The molecule has 2 aliphatic heterocycles. The van der Waals surface area contributed by atoms with E-state index in [-0.39, 0.29) is 63.3 Å². The minimum atomic E-state index is -4.26. The first-order valence-corrected chi connectivity index (χ1v) is 15.4. The van der Waals surface area contributed by atoms with Crippen molar-refractivity contribution < 1.29 is 26.7 Å². The van der Waals surface area contributed by atoms with Crippen LogP contribution in [0.3, 0.4) is 0 Å². The number of hydrogen-bond donors (Lipinski definition) is 3. The first-order valence-electron chi connectivity index (χ1n) is 12.0. The molecule has 0 saturated heterocycles. The maximum atomic E-state index is 13.9. The first-order chi connectivity index (χ1) is 16.5. The van der Waals surface area contributed by atoms with E-state index in [4.69, 9.17) is 0 Å². The van der Waals surface area contributed by atoms with Gasteiger partial charge in [-0.05, 0) is 62.1 Å². The molecule has 2 heterocycles. The molecule has 3 fully saturated rings. The van der Waals surface area contributed by atoms with Crippen LogP contribution in [0.25, 0.3) is 0 Å². The van der Waals surface area contributed by atoms with Gasteiger partial charge in [0.2, 0.25) is 10.0 Å². The van der Waals surface area contributed by atoms with Crippen molar-refractivity contribution in [2.75, 3.05) is 16.3 Å². The summed E-state index contributed by atoms with van der Waals surface area (Å²) >= 11 is 0. The van der Waals surface area contributed by atoms with Crippen LogP contribution in [0.5, 0.6) is 0 Å². The summed E-state index contributed by atoms with van der Waals surface area (Å²) in [6.45, 7) is 0. The smallest absolute Gasteiger partial charge is 0.286 e. The van der Waals surface area contributed by atoms with E-state index in [9.17, 15) is 26.7 Å². The van der Waals surface area contributed by atoms with E-state index >= 15 is 0 Å². The van der Waals surface area contributed by atoms with E-state index < -0.39 is 20.0 Å². The molecule has 1 aromatic rings. The van der Waals surface area contributed by atoms with Gasteiger partial charge in [-0.15, -0.1) is 4.40 Å². The molecule has 10 nitrogen and oxygen atoms in total. The van der Waals surface area contributed by atoms with Crippen molar-refractivity contribution in [1.82, 2.24) is 4.90 Å². The van der Waals surface area contributed by atoms with Gasteiger partial charge in [-0.3, -0.25) is 9.52 Å². The third-order valence-electron chi connectivity index (χ3n) is 8.20. The zero-order valence-electron chi connectivity index (χ0n) is 19.3. The van der Waals surface area contributed by atoms with Crippen molar-refractivity contribution in [3.63, 3.8) is 0 Å². The Morgan fingerprint density at radius 2 is 1.86 bits per heavy atom. The summed E-state index contributed by atoms with van der Waals surface area (Å²) < 4.78 is 55.5. The Morgan fingerprint density at radius 3 is 2.57 bits per heavy atom. The monoisotopic (exact) mass is 520 g/mol. The van der Waals surface area contributed by atoms with Crippen LogP contribution in [0.2, 0.25) is 0 Å². The number of benzene rings is 1. The van der Waals surface area contributed by atoms with Gasteiger partial charge >= 0.3 is 0 Å². The molecule has 12 heteroatoms. The average molecular weight is 521 g/mol. The van der Waals surface area contributed by atoms with Gasteiger partial charge < -0.3 is 15.3 Å². The maximum absolute atomic E-state index is 13.9. The van der Waals surface area contributed by atoms with Crippen LogP contribution in [0.15, 0.2) is 38.8 Å². The number of nitrogens with one attached hydrogen (secondary N) is 2. The molecule has 2 bridgehead atoms. The first kappa shape index (κ1) is 22.8. The molecule has 3 saturated carbocycles. The third kappa shape index (κ3) is 3.64. The van der Waals surface area contributed by atoms with E-state index in [1.165, 1.54) is 18.2 Å². The number of aliphatic hydroxyl groups excluding tert-OH is 1. The second-order valence-corrected chi connectivity index (χ2v) is 13.7. The second kappa shape index (κ2) is 7.70. The lowest BCUT2D eigenvalue weighted by Crippen LogP contribution is -2.57. The van der Waals surface area contributed by atoms with Gasteiger partial charge in [0.1, 0.15) is 16.2 Å². The summed E-state index contributed by atoms with van der Waals surface area (Å²) in [7, 11) is -7.86. The predicted molar refractivity (Wildman–Crippen MR) is 130 cm³/mol. The minimum absolute atomic E-state index is 0.0363. The highest BCUT2D eigenvalue weighted by Gasteiger charge is 2.58. The molecule has 1 amide bonds. The quantitative estimate of drug-likeness (QED) is 0.553. The molecular formula is C23H28N4O6S2. The number of aliphatic hydroxyl groups is 1. The number of anilines is 2. The Kier molecular flexibility index (Phi) is 5.02. The third-order valence-corrected chi connectivity index (χ3v) is 10.1. The van der Waals surface area contributed by atoms with E-state index in [0.29, 0.717) is 5.92 Å². The van der Waals surface area contributed by atoms with Gasteiger partial charge in [0.05, 0.1) is 11.9 Å². The number of hydrogen-bond acceptors (Lipinski definition) is 7. The second-order valence-electron chi connectivity index (χ2n) is 10.4. The lowest BCUT2D eigenvalue weighted by molar-refractivity contribution is -0.136. The van der Waals surface area contributed by atoms with Crippen LogP contribution >= 0.6 is 0 Å². The molecule has 188 valence electrons. The number of nitrogens with zero attached hydrogens (tertiary/aromatic N) is 2. The summed E-state index contributed by atoms with van der Waals surface area (Å²) in [5, 5.41) is 14.3. The zero-order chi connectivity index (χ0) is 24.7. The van der Waals surface area contributed by atoms with Crippen LogP contribution in [0, 0.1) is 17.8 Å². The summed E-state index contributed by atoms with van der Waals surface area (Å²) in [5.74, 6) is -0.144. The molecule has 5 aliphatic rings. The van der Waals surface area contributed by atoms with Gasteiger partial charge in [-0.1, -0.05) is 12.8 Å². The molecule has 0 radical (unpaired) electrons. The van der Waals surface area contributed by atoms with Gasteiger partial charge in [0, 0.05) is 23.7 Å². The fraction of sp³-hybridized carbons (Fsp3) is 0.565. The van der Waals surface area contributed by atoms with Crippen LogP contribution in [-0.4, -0.2) is 56.9 Å². The van der Waals surface area contributed by atoms with Crippen LogP contribution in [0.1, 0.15) is 44.9 Å². The van der Waals surface area contributed by atoms with Crippen molar-refractivity contribution in [2.45, 2.75) is 61.9 Å². The average Bonchev–Trinajstić information content (AvgIpc) is 3.51. The number of carbonyl (C=O) groups excluding carboxylic acids is 1. The van der Waals surface area contributed by atoms with Crippen molar-refractivity contribution in [2.24, 2.45) is 22.2 Å². The molecule has 1 aromatic carbocycles. The Balaban J connectivity index is 1.43. The molecule has 0 unspecified atom stereocenters. The lowest BCUT2D eigenvalue weighted by atomic mass is 9.77. The fourth-order valence-electron chi connectivity index (χ4n) is 6.95. The van der Waals surface area contributed by atoms with Crippen molar-refractivity contribution in [3.05, 3.63) is 29.5 Å². The highest BCUT2D eigenvalue weighted by atomic mass is 32.2. The standard InChI is InChI=1S/C23H28N4O6S2/c1-34(30,31)25-14-8-9-16-17(11-14)35(32,33)26-22(24-16)19-21(28)18-12-6-7-13(10-12)20(18)27(23(19)29)15-4-2-3-5-15/h8-9,11-13,15,18,20,25,28H,2-7,10H2,1H3,(H,24,26)/t12-,13-,18+,20-/m0/s1.